The minimum Gasteiger partial charge on any atom is -0.462 e. The lowest BCUT2D eigenvalue weighted by atomic mass is 9.47. The fraction of sp³-hybridized carbons (Fsp3) is 0.776. The van der Waals surface area contributed by atoms with Gasteiger partial charge in [0.2, 0.25) is 0 Å². The van der Waals surface area contributed by atoms with Crippen LogP contribution < -0.4 is 0 Å². The summed E-state index contributed by atoms with van der Waals surface area (Å²) in [6, 6.07) is 0. The highest BCUT2D eigenvalue weighted by Gasteiger charge is 2.59. The second-order valence-electron chi connectivity index (χ2n) is 18.5. The van der Waals surface area contributed by atoms with E-state index in [0.717, 1.165) is 73.5 Å². The third kappa shape index (κ3) is 11.8. The normalized spacial score (nSPS) is 32.1. The zero-order valence-corrected chi connectivity index (χ0v) is 34.5. The summed E-state index contributed by atoms with van der Waals surface area (Å²) >= 11 is 0. The van der Waals surface area contributed by atoms with Crippen LogP contribution in [0.2, 0.25) is 0 Å². The van der Waals surface area contributed by atoms with Gasteiger partial charge in [-0.25, -0.2) is 0 Å². The number of ether oxygens (including phenoxy) is 1. The topological polar surface area (TPSA) is 26.3 Å². The maximum Gasteiger partial charge on any atom is 0.306 e. The third-order valence-electron chi connectivity index (χ3n) is 14.9. The zero-order valence-electron chi connectivity index (χ0n) is 34.5. The first-order valence-electron chi connectivity index (χ1n) is 22.1. The Bertz CT molecular complexity index is 1180. The number of unbranched alkanes of at least 4 members (excludes halogenated alkanes) is 8. The Balaban J connectivity index is 1.11. The van der Waals surface area contributed by atoms with Gasteiger partial charge in [-0.1, -0.05) is 154 Å². The van der Waals surface area contributed by atoms with E-state index in [9.17, 15) is 4.79 Å². The molecule has 0 aromatic heterocycles. The minimum atomic E-state index is 0.0379. The molecule has 0 amide bonds. The van der Waals surface area contributed by atoms with Crippen LogP contribution in [0.3, 0.4) is 0 Å². The number of esters is 1. The maximum atomic E-state index is 12.8. The molecule has 3 saturated carbocycles. The van der Waals surface area contributed by atoms with Crippen LogP contribution in [-0.4, -0.2) is 12.1 Å². The van der Waals surface area contributed by atoms with Crippen molar-refractivity contribution in [2.24, 2.45) is 52.3 Å². The molecule has 0 radical (unpaired) electrons. The summed E-state index contributed by atoms with van der Waals surface area (Å²) in [6.45, 7) is 17.4. The minimum absolute atomic E-state index is 0.0379. The molecular formula is C49H80O2. The summed E-state index contributed by atoms with van der Waals surface area (Å²) in [5.41, 5.74) is 2.48. The van der Waals surface area contributed by atoms with Gasteiger partial charge in [0.15, 0.2) is 0 Å². The Hall–Kier alpha value is -1.83. The van der Waals surface area contributed by atoms with Gasteiger partial charge in [0.25, 0.3) is 0 Å². The predicted octanol–water partition coefficient (Wildman–Crippen LogP) is 14.7. The highest BCUT2D eigenvalue weighted by atomic mass is 16.5. The van der Waals surface area contributed by atoms with Crippen molar-refractivity contribution in [3.05, 3.63) is 60.3 Å². The summed E-state index contributed by atoms with van der Waals surface area (Å²) < 4.78 is 6.13. The van der Waals surface area contributed by atoms with Crippen molar-refractivity contribution in [2.45, 2.75) is 189 Å². The molecule has 2 heteroatoms. The molecule has 0 heterocycles. The Morgan fingerprint density at radius 3 is 2.16 bits per heavy atom. The molecule has 4 aliphatic carbocycles. The lowest BCUT2D eigenvalue weighted by molar-refractivity contribution is -0.151. The van der Waals surface area contributed by atoms with Gasteiger partial charge < -0.3 is 4.74 Å². The molecule has 0 aromatic rings. The molecule has 9 atom stereocenters. The van der Waals surface area contributed by atoms with Gasteiger partial charge in [-0.15, -0.1) is 0 Å². The second-order valence-corrected chi connectivity index (χ2v) is 18.5. The average Bonchev–Trinajstić information content (AvgIpc) is 3.47. The summed E-state index contributed by atoms with van der Waals surface area (Å²) in [5, 5.41) is 0. The number of rotatable bonds is 21. The molecule has 0 spiro atoms. The Morgan fingerprint density at radius 2 is 1.45 bits per heavy atom. The van der Waals surface area contributed by atoms with Gasteiger partial charge in [0.1, 0.15) is 6.10 Å². The molecule has 288 valence electrons. The first-order chi connectivity index (χ1) is 24.6. The molecule has 0 bridgehead atoms. The number of hydrogen-bond donors (Lipinski definition) is 0. The Morgan fingerprint density at radius 1 is 0.784 bits per heavy atom. The van der Waals surface area contributed by atoms with Crippen LogP contribution >= 0.6 is 0 Å². The fourth-order valence-corrected chi connectivity index (χ4v) is 11.2. The van der Waals surface area contributed by atoms with Crippen molar-refractivity contribution in [1.29, 1.82) is 0 Å². The predicted molar refractivity (Wildman–Crippen MR) is 220 cm³/mol. The highest BCUT2D eigenvalue weighted by molar-refractivity contribution is 5.69. The van der Waals surface area contributed by atoms with Crippen LogP contribution in [0.4, 0.5) is 0 Å². The van der Waals surface area contributed by atoms with E-state index in [1.807, 2.05) is 0 Å². The number of hydrogen-bond acceptors (Lipinski definition) is 2. The Labute approximate surface area is 316 Å². The zero-order chi connectivity index (χ0) is 36.7. The maximum absolute atomic E-state index is 12.8. The van der Waals surface area contributed by atoms with Crippen molar-refractivity contribution in [3.8, 4) is 0 Å². The third-order valence-corrected chi connectivity index (χ3v) is 14.9. The number of fused-ring (bicyclic) bond motifs is 5. The molecule has 3 fully saturated rings. The van der Waals surface area contributed by atoms with Crippen molar-refractivity contribution < 1.29 is 9.53 Å². The quantitative estimate of drug-likeness (QED) is 0.0516. The van der Waals surface area contributed by atoms with Crippen LogP contribution in [0.25, 0.3) is 0 Å². The van der Waals surface area contributed by atoms with Crippen LogP contribution in [-0.2, 0) is 9.53 Å². The van der Waals surface area contributed by atoms with Crippen molar-refractivity contribution in [1.82, 2.24) is 0 Å². The van der Waals surface area contributed by atoms with Crippen molar-refractivity contribution >= 4 is 5.97 Å². The largest absolute Gasteiger partial charge is 0.462 e. The van der Waals surface area contributed by atoms with Crippen molar-refractivity contribution in [2.75, 3.05) is 0 Å². The number of carbonyl (C=O) groups excluding carboxylic acids is 1. The van der Waals surface area contributed by atoms with Gasteiger partial charge in [-0.05, 0) is 129 Å². The van der Waals surface area contributed by atoms with E-state index >= 15 is 0 Å². The summed E-state index contributed by atoms with van der Waals surface area (Å²) in [7, 11) is 0. The summed E-state index contributed by atoms with van der Waals surface area (Å²) in [5.74, 6) is 6.02. The highest BCUT2D eigenvalue weighted by Crippen LogP contribution is 2.67. The molecule has 0 aliphatic heterocycles. The van der Waals surface area contributed by atoms with E-state index < -0.39 is 0 Å². The van der Waals surface area contributed by atoms with Crippen LogP contribution in [0.5, 0.6) is 0 Å². The Kier molecular flexibility index (Phi) is 17.4. The van der Waals surface area contributed by atoms with Gasteiger partial charge in [-0.2, -0.15) is 0 Å². The second kappa shape index (κ2) is 21.2. The molecule has 0 saturated heterocycles. The molecule has 9 unspecified atom stereocenters. The standard InChI is InChI=1S/C49H80O2/c1-8-9-10-11-12-13-14-15-16-17-18-19-20-21-22-23-24-25-26-47(50)51-42-33-35-48(6)41(37-42)29-30-43-45-32-31-44(49(45,7)36-34-46(43)48)40(5)28-27-39(4)38(2)3/h12-19,29,38-40,42-46H,8-11,20-28,30-37H2,1-7H3/b13-12+,15-14+,17-16+,19-18+. The smallest absolute Gasteiger partial charge is 0.306 e. The summed E-state index contributed by atoms with van der Waals surface area (Å²) in [4.78, 5) is 12.8. The van der Waals surface area contributed by atoms with Crippen molar-refractivity contribution in [3.63, 3.8) is 0 Å². The van der Waals surface area contributed by atoms with E-state index in [2.05, 4.69) is 103 Å². The van der Waals surface area contributed by atoms with E-state index in [0.29, 0.717) is 17.3 Å². The average molecular weight is 701 g/mol. The first-order valence-corrected chi connectivity index (χ1v) is 22.1. The first kappa shape index (κ1) is 41.9. The summed E-state index contributed by atoms with van der Waals surface area (Å²) in [6.07, 6.45) is 45.6. The molecule has 4 aliphatic rings. The van der Waals surface area contributed by atoms with E-state index in [-0.39, 0.29) is 12.1 Å². The van der Waals surface area contributed by atoms with Gasteiger partial charge in [0.05, 0.1) is 0 Å². The number of allylic oxidation sites excluding steroid dienone is 9. The lowest BCUT2D eigenvalue weighted by Gasteiger charge is -2.58. The molecule has 0 aromatic carbocycles. The molecular weight excluding hydrogens is 621 g/mol. The number of carbonyl (C=O) groups is 1. The van der Waals surface area contributed by atoms with Crippen LogP contribution in [0, 0.1) is 52.3 Å². The van der Waals surface area contributed by atoms with E-state index in [1.54, 1.807) is 5.57 Å². The molecule has 2 nitrogen and oxygen atoms in total. The monoisotopic (exact) mass is 701 g/mol. The van der Waals surface area contributed by atoms with Gasteiger partial charge >= 0.3 is 5.97 Å². The molecule has 51 heavy (non-hydrogen) atoms. The lowest BCUT2D eigenvalue weighted by Crippen LogP contribution is -2.51. The van der Waals surface area contributed by atoms with Crippen LogP contribution in [0.1, 0.15) is 183 Å². The van der Waals surface area contributed by atoms with Gasteiger partial charge in [-0.3, -0.25) is 4.79 Å². The molecule has 0 N–H and O–H groups in total. The van der Waals surface area contributed by atoms with E-state index in [1.165, 1.54) is 96.3 Å². The van der Waals surface area contributed by atoms with E-state index in [4.69, 9.17) is 4.74 Å². The van der Waals surface area contributed by atoms with Gasteiger partial charge in [0, 0.05) is 12.8 Å². The van der Waals surface area contributed by atoms with Crippen LogP contribution in [0.15, 0.2) is 60.3 Å². The SMILES string of the molecule is CCCCC/C=C/C=C/C=C/C=C/CCCCCCCC(=O)OC1CCC2(C)C(=CCC3C2CCC2(C)C(C(C)CCC(C)C(C)C)CCC32)C1. The molecule has 4 rings (SSSR count). The fourth-order valence-electron chi connectivity index (χ4n) is 11.2.